The Bertz CT molecular complexity index is 850. The predicted molar refractivity (Wildman–Crippen MR) is 96.4 cm³/mol. The number of likely N-dealkylation sites (tertiary alicyclic amines) is 1. The minimum absolute atomic E-state index is 0.0859. The van der Waals surface area contributed by atoms with Gasteiger partial charge in [-0.3, -0.25) is 9.78 Å². The van der Waals surface area contributed by atoms with E-state index in [1.165, 1.54) is 0 Å². The molecule has 2 unspecified atom stereocenters. The van der Waals surface area contributed by atoms with Crippen LogP contribution < -0.4 is 5.73 Å². The van der Waals surface area contributed by atoms with E-state index in [4.69, 9.17) is 5.73 Å². The number of nitrogens with two attached hydrogens (primary N) is 1. The molecule has 0 spiro atoms. The molecule has 4 nitrogen and oxygen atoms in total. The van der Waals surface area contributed by atoms with Gasteiger partial charge in [-0.1, -0.05) is 30.0 Å². The van der Waals surface area contributed by atoms with E-state index in [1.54, 1.807) is 11.1 Å². The van der Waals surface area contributed by atoms with Gasteiger partial charge in [-0.25, -0.2) is 0 Å². The molecule has 1 aliphatic heterocycles. The molecule has 2 aromatic rings. The average molecular weight is 331 g/mol. The summed E-state index contributed by atoms with van der Waals surface area (Å²) in [6.45, 7) is 0. The number of nitrogens with zero attached hydrogens (tertiary/aromatic N) is 2. The summed E-state index contributed by atoms with van der Waals surface area (Å²) in [5.74, 6) is 6.25. The molecular weight excluding hydrogens is 310 g/mol. The molecule has 2 N–H and O–H groups in total. The Morgan fingerprint density at radius 2 is 1.92 bits per heavy atom. The van der Waals surface area contributed by atoms with Crippen molar-refractivity contribution in [3.63, 3.8) is 0 Å². The van der Waals surface area contributed by atoms with Gasteiger partial charge in [0.1, 0.15) is 0 Å². The van der Waals surface area contributed by atoms with Crippen LogP contribution in [0.15, 0.2) is 48.7 Å². The van der Waals surface area contributed by atoms with Crippen LogP contribution >= 0.6 is 0 Å². The highest BCUT2D eigenvalue weighted by Gasteiger charge is 2.57. The zero-order valence-corrected chi connectivity index (χ0v) is 14.3. The van der Waals surface area contributed by atoms with E-state index in [-0.39, 0.29) is 17.7 Å². The Hall–Kier alpha value is -2.64. The maximum absolute atomic E-state index is 12.7. The Kier molecular flexibility index (Phi) is 3.82. The van der Waals surface area contributed by atoms with Gasteiger partial charge in [0, 0.05) is 30.3 Å². The summed E-state index contributed by atoms with van der Waals surface area (Å²) in [6.07, 6.45) is 4.67. The van der Waals surface area contributed by atoms with Crippen molar-refractivity contribution in [1.29, 1.82) is 0 Å². The highest BCUT2D eigenvalue weighted by molar-refractivity contribution is 5.87. The van der Waals surface area contributed by atoms with Gasteiger partial charge >= 0.3 is 0 Å². The minimum Gasteiger partial charge on any atom is -0.327 e. The lowest BCUT2D eigenvalue weighted by Crippen LogP contribution is -2.52. The summed E-state index contributed by atoms with van der Waals surface area (Å²) >= 11 is 0. The molecule has 4 heteroatoms. The van der Waals surface area contributed by atoms with E-state index in [9.17, 15) is 4.79 Å². The summed E-state index contributed by atoms with van der Waals surface area (Å²) in [5, 5.41) is 0. The molecule has 126 valence electrons. The molecular formula is C21H21N3O. The maximum Gasteiger partial charge on any atom is 0.233 e. The molecule has 1 saturated heterocycles. The third kappa shape index (κ3) is 2.61. The van der Waals surface area contributed by atoms with E-state index in [0.717, 1.165) is 36.1 Å². The largest absolute Gasteiger partial charge is 0.327 e. The van der Waals surface area contributed by atoms with Crippen molar-refractivity contribution >= 4 is 5.91 Å². The molecule has 1 aromatic carbocycles. The number of rotatable bonds is 1. The Morgan fingerprint density at radius 1 is 1.16 bits per heavy atom. The van der Waals surface area contributed by atoms with Gasteiger partial charge in [-0.05, 0) is 43.5 Å². The van der Waals surface area contributed by atoms with Crippen LogP contribution in [0.1, 0.15) is 42.0 Å². The minimum atomic E-state index is -0.505. The molecule has 2 heterocycles. The van der Waals surface area contributed by atoms with Gasteiger partial charge in [-0.2, -0.15) is 0 Å². The summed E-state index contributed by atoms with van der Waals surface area (Å²) in [6, 6.07) is 13.7. The van der Waals surface area contributed by atoms with Gasteiger partial charge in [0.25, 0.3) is 0 Å². The van der Waals surface area contributed by atoms with Crippen molar-refractivity contribution in [2.24, 2.45) is 11.7 Å². The number of hydrogen-bond acceptors (Lipinski definition) is 3. The second-order valence-electron chi connectivity index (χ2n) is 6.95. The average Bonchev–Trinajstić information content (AvgIpc) is 3.11. The molecule has 0 radical (unpaired) electrons. The Balaban J connectivity index is 1.59. The number of carbonyl (C=O) groups excluding carboxylic acids is 1. The van der Waals surface area contributed by atoms with Crippen LogP contribution in [0.4, 0.5) is 0 Å². The van der Waals surface area contributed by atoms with E-state index < -0.39 is 5.66 Å². The van der Waals surface area contributed by atoms with E-state index >= 15 is 0 Å². The van der Waals surface area contributed by atoms with Crippen LogP contribution in [-0.2, 0) is 4.79 Å². The number of hydrogen-bond donors (Lipinski definition) is 1. The number of carbonyl (C=O) groups is 1. The zero-order valence-electron chi connectivity index (χ0n) is 14.3. The topological polar surface area (TPSA) is 59.2 Å². The van der Waals surface area contributed by atoms with Gasteiger partial charge in [0.15, 0.2) is 0 Å². The second kappa shape index (κ2) is 6.02. The maximum atomic E-state index is 12.7. The normalized spacial score (nSPS) is 27.8. The first kappa shape index (κ1) is 15.9. The van der Waals surface area contributed by atoms with E-state index in [0.29, 0.717) is 0 Å². The number of pyridine rings is 1. The molecule has 3 atom stereocenters. The first-order valence-electron chi connectivity index (χ1n) is 8.69. The fourth-order valence-electron chi connectivity index (χ4n) is 4.16. The van der Waals surface area contributed by atoms with Crippen LogP contribution in [0.5, 0.6) is 0 Å². The molecule has 25 heavy (non-hydrogen) atoms. The van der Waals surface area contributed by atoms with Crippen LogP contribution in [0.3, 0.4) is 0 Å². The third-order valence-corrected chi connectivity index (χ3v) is 5.59. The number of amides is 1. The molecule has 1 saturated carbocycles. The van der Waals surface area contributed by atoms with Crippen molar-refractivity contribution in [3.8, 4) is 11.8 Å². The lowest BCUT2D eigenvalue weighted by atomic mass is 9.86. The van der Waals surface area contributed by atoms with Gasteiger partial charge in [-0.15, -0.1) is 0 Å². The predicted octanol–water partition coefficient (Wildman–Crippen LogP) is 2.49. The van der Waals surface area contributed by atoms with E-state index in [2.05, 4.69) is 16.8 Å². The van der Waals surface area contributed by atoms with Crippen molar-refractivity contribution < 1.29 is 4.79 Å². The fourth-order valence-corrected chi connectivity index (χ4v) is 4.16. The summed E-state index contributed by atoms with van der Waals surface area (Å²) in [4.78, 5) is 19.0. The summed E-state index contributed by atoms with van der Waals surface area (Å²) < 4.78 is 0. The van der Waals surface area contributed by atoms with Gasteiger partial charge in [0.2, 0.25) is 5.91 Å². The third-order valence-electron chi connectivity index (χ3n) is 5.59. The second-order valence-corrected chi connectivity index (χ2v) is 6.95. The van der Waals surface area contributed by atoms with Crippen LogP contribution in [-0.4, -0.2) is 28.5 Å². The summed E-state index contributed by atoms with van der Waals surface area (Å²) in [7, 11) is 1.82. The molecule has 2 fully saturated rings. The van der Waals surface area contributed by atoms with Crippen molar-refractivity contribution in [1.82, 2.24) is 9.88 Å². The fraction of sp³-hybridized carbons (Fsp3) is 0.333. The number of benzene rings is 1. The monoisotopic (exact) mass is 331 g/mol. The zero-order chi connectivity index (χ0) is 17.4. The first-order chi connectivity index (χ1) is 12.1. The smallest absolute Gasteiger partial charge is 0.233 e. The number of likely N-dealkylation sites (N-methyl/N-ethyl adjacent to an activating group) is 1. The molecule has 1 aliphatic carbocycles. The first-order valence-corrected chi connectivity index (χ1v) is 8.69. The van der Waals surface area contributed by atoms with Crippen LogP contribution in [0.25, 0.3) is 0 Å². The Labute approximate surface area is 148 Å². The van der Waals surface area contributed by atoms with Crippen molar-refractivity contribution in [2.75, 3.05) is 7.05 Å². The van der Waals surface area contributed by atoms with Crippen molar-refractivity contribution in [2.45, 2.75) is 30.8 Å². The molecule has 2 aliphatic rings. The number of aromatic nitrogens is 1. The lowest BCUT2D eigenvalue weighted by molar-refractivity contribution is -0.130. The van der Waals surface area contributed by atoms with Gasteiger partial charge < -0.3 is 10.6 Å². The van der Waals surface area contributed by atoms with Crippen LogP contribution in [0.2, 0.25) is 0 Å². The SMILES string of the molecule is CN1C(=O)[C@@H](c2ccc(C#Cc3ccccc3)cn2)C2CCCC21N. The highest BCUT2D eigenvalue weighted by Crippen LogP contribution is 2.50. The van der Waals surface area contributed by atoms with Gasteiger partial charge in [0.05, 0.1) is 17.3 Å². The standard InChI is InChI=1S/C21H21N3O/c1-24-20(25)19(17-8-5-13-21(17,24)22)18-12-11-16(14-23-18)10-9-15-6-3-2-4-7-15/h2-4,6-7,11-12,14,17,19H,5,8,13,22H2,1H3/t17?,19-,21?/m1/s1. The number of fused-ring (bicyclic) bond motifs is 1. The molecule has 0 bridgehead atoms. The van der Waals surface area contributed by atoms with Crippen molar-refractivity contribution in [3.05, 3.63) is 65.5 Å². The highest BCUT2D eigenvalue weighted by atomic mass is 16.2. The van der Waals surface area contributed by atoms with Crippen LogP contribution in [0, 0.1) is 17.8 Å². The van der Waals surface area contributed by atoms with E-state index in [1.807, 2.05) is 49.5 Å². The molecule has 1 aromatic heterocycles. The molecule has 1 amide bonds. The quantitative estimate of drug-likeness (QED) is 0.817. The summed E-state index contributed by atoms with van der Waals surface area (Å²) in [5.41, 5.74) is 8.64. The lowest BCUT2D eigenvalue weighted by Gasteiger charge is -2.31. The Morgan fingerprint density at radius 3 is 2.64 bits per heavy atom. The molecule has 4 rings (SSSR count).